The van der Waals surface area contributed by atoms with Gasteiger partial charge in [0.1, 0.15) is 0 Å². The van der Waals surface area contributed by atoms with Gasteiger partial charge in [0.2, 0.25) is 11.9 Å². The van der Waals surface area contributed by atoms with E-state index in [2.05, 4.69) is 32.5 Å². The van der Waals surface area contributed by atoms with E-state index in [1.165, 1.54) is 6.08 Å². The predicted octanol–water partition coefficient (Wildman–Crippen LogP) is 5.67. The van der Waals surface area contributed by atoms with Crippen LogP contribution in [-0.2, 0) is 4.79 Å². The Morgan fingerprint density at radius 2 is 1.76 bits per heavy atom. The summed E-state index contributed by atoms with van der Waals surface area (Å²) in [7, 11) is 3.84. The van der Waals surface area contributed by atoms with Crippen molar-refractivity contribution in [2.24, 2.45) is 0 Å². The zero-order valence-corrected chi connectivity index (χ0v) is 21.8. The molecule has 0 saturated heterocycles. The Bertz CT molecular complexity index is 1360. The van der Waals surface area contributed by atoms with E-state index in [0.717, 1.165) is 17.0 Å². The molecule has 3 rings (SSSR count). The second-order valence-corrected chi connectivity index (χ2v) is 8.51. The summed E-state index contributed by atoms with van der Waals surface area (Å²) in [5.41, 5.74) is 4.00. The molecule has 3 N–H and O–H groups in total. The van der Waals surface area contributed by atoms with Crippen LogP contribution in [0.4, 0.5) is 23.0 Å². The van der Waals surface area contributed by atoms with E-state index in [4.69, 9.17) is 0 Å². The summed E-state index contributed by atoms with van der Waals surface area (Å²) in [4.78, 5) is 35.7. The number of carbonyl (C=O) groups excluding carboxylic acids is 2. The van der Waals surface area contributed by atoms with Crippen molar-refractivity contribution in [1.82, 2.24) is 14.9 Å². The number of benzene rings is 2. The van der Waals surface area contributed by atoms with Gasteiger partial charge in [-0.3, -0.25) is 9.59 Å². The molecule has 8 heteroatoms. The number of anilines is 4. The summed E-state index contributed by atoms with van der Waals surface area (Å²) < 4.78 is 0. The molecule has 0 bridgehead atoms. The van der Waals surface area contributed by atoms with Crippen molar-refractivity contribution in [3.63, 3.8) is 0 Å². The first kappa shape index (κ1) is 27.8. The van der Waals surface area contributed by atoms with Crippen molar-refractivity contribution in [2.45, 2.75) is 6.92 Å². The van der Waals surface area contributed by atoms with Gasteiger partial charge in [0, 0.05) is 41.4 Å². The van der Waals surface area contributed by atoms with Crippen LogP contribution in [-0.4, -0.2) is 47.3 Å². The highest BCUT2D eigenvalue weighted by Crippen LogP contribution is 2.20. The number of allylic oxidation sites excluding steroid dienone is 5. The summed E-state index contributed by atoms with van der Waals surface area (Å²) in [5.74, 6) is -0.0923. The molecule has 0 aliphatic rings. The van der Waals surface area contributed by atoms with Gasteiger partial charge < -0.3 is 20.9 Å². The second kappa shape index (κ2) is 14.1. The highest BCUT2D eigenvalue weighted by Gasteiger charge is 2.09. The van der Waals surface area contributed by atoms with Crippen LogP contribution in [0, 0.1) is 0 Å². The molecule has 0 saturated carbocycles. The summed E-state index contributed by atoms with van der Waals surface area (Å²) in [6.45, 7) is 6.46. The topological polar surface area (TPSA) is 99.2 Å². The van der Waals surface area contributed by atoms with Gasteiger partial charge in [0.15, 0.2) is 0 Å². The van der Waals surface area contributed by atoms with Gasteiger partial charge in [-0.05, 0) is 75.1 Å². The lowest BCUT2D eigenvalue weighted by Gasteiger charge is -2.10. The fourth-order valence-corrected chi connectivity index (χ4v) is 3.30. The fraction of sp³-hybridized carbons (Fsp3) is 0.133. The van der Waals surface area contributed by atoms with Crippen LogP contribution in [0.2, 0.25) is 0 Å². The molecule has 0 aliphatic heterocycles. The Hall–Kier alpha value is -4.82. The van der Waals surface area contributed by atoms with E-state index in [1.807, 2.05) is 62.3 Å². The Morgan fingerprint density at radius 3 is 2.47 bits per heavy atom. The first-order chi connectivity index (χ1) is 18.4. The maximum Gasteiger partial charge on any atom is 0.255 e. The fourth-order valence-electron chi connectivity index (χ4n) is 3.30. The SMILES string of the molecule is C=C/C(=C\C=C/C)c1ccnc(Nc2ccc(NC(=O)c3cccc(NC(=O)/C=C\CN(C)C)c3)cc2)n1. The van der Waals surface area contributed by atoms with Crippen LogP contribution < -0.4 is 16.0 Å². The van der Waals surface area contributed by atoms with Crippen LogP contribution in [0.15, 0.2) is 104 Å². The lowest BCUT2D eigenvalue weighted by atomic mass is 10.1. The van der Waals surface area contributed by atoms with E-state index >= 15 is 0 Å². The number of amides is 2. The first-order valence-corrected chi connectivity index (χ1v) is 12.1. The molecule has 2 amide bonds. The van der Waals surface area contributed by atoms with Crippen LogP contribution in [0.1, 0.15) is 23.0 Å². The first-order valence-electron chi connectivity index (χ1n) is 12.1. The summed E-state index contributed by atoms with van der Waals surface area (Å²) in [6, 6.07) is 15.8. The molecule has 38 heavy (non-hydrogen) atoms. The number of hydrogen-bond acceptors (Lipinski definition) is 6. The Balaban J connectivity index is 1.62. The molecule has 0 atom stereocenters. The summed E-state index contributed by atoms with van der Waals surface area (Å²) in [5, 5.41) is 8.82. The normalized spacial score (nSPS) is 11.6. The molecule has 194 valence electrons. The van der Waals surface area contributed by atoms with E-state index < -0.39 is 0 Å². The van der Waals surface area contributed by atoms with Gasteiger partial charge in [-0.15, -0.1) is 0 Å². The van der Waals surface area contributed by atoms with Crippen molar-refractivity contribution in [1.29, 1.82) is 0 Å². The number of hydrogen-bond donors (Lipinski definition) is 3. The number of likely N-dealkylation sites (N-methyl/N-ethyl adjacent to an activating group) is 1. The number of nitrogens with one attached hydrogen (secondary N) is 3. The average molecular weight is 509 g/mol. The molecule has 8 nitrogen and oxygen atoms in total. The number of rotatable bonds is 11. The molecule has 1 heterocycles. The second-order valence-electron chi connectivity index (χ2n) is 8.51. The minimum absolute atomic E-state index is 0.253. The van der Waals surface area contributed by atoms with Crippen LogP contribution in [0.3, 0.4) is 0 Å². The number of nitrogens with zero attached hydrogens (tertiary/aromatic N) is 3. The lowest BCUT2D eigenvalue weighted by molar-refractivity contribution is -0.111. The maximum atomic E-state index is 12.8. The summed E-state index contributed by atoms with van der Waals surface area (Å²) >= 11 is 0. The number of aromatic nitrogens is 2. The molecule has 0 spiro atoms. The van der Waals surface area contributed by atoms with Gasteiger partial charge >= 0.3 is 0 Å². The zero-order valence-electron chi connectivity index (χ0n) is 21.8. The largest absolute Gasteiger partial charge is 0.324 e. The third-order valence-corrected chi connectivity index (χ3v) is 5.17. The van der Waals surface area contributed by atoms with Crippen LogP contribution >= 0.6 is 0 Å². The smallest absolute Gasteiger partial charge is 0.255 e. The van der Waals surface area contributed by atoms with Crippen molar-refractivity contribution < 1.29 is 9.59 Å². The van der Waals surface area contributed by atoms with Crippen molar-refractivity contribution in [3.05, 3.63) is 115 Å². The molecule has 0 unspecified atom stereocenters. The van der Waals surface area contributed by atoms with Gasteiger partial charge in [0.25, 0.3) is 5.91 Å². The molecule has 3 aromatic rings. The lowest BCUT2D eigenvalue weighted by Crippen LogP contribution is -2.14. The maximum absolute atomic E-state index is 12.8. The molecule has 0 aliphatic carbocycles. The van der Waals surface area contributed by atoms with E-state index in [0.29, 0.717) is 29.4 Å². The highest BCUT2D eigenvalue weighted by atomic mass is 16.2. The third kappa shape index (κ3) is 8.69. The van der Waals surface area contributed by atoms with E-state index in [9.17, 15) is 9.59 Å². The van der Waals surface area contributed by atoms with Crippen molar-refractivity contribution in [3.8, 4) is 0 Å². The monoisotopic (exact) mass is 508 g/mol. The van der Waals surface area contributed by atoms with Crippen LogP contribution in [0.25, 0.3) is 5.57 Å². The zero-order chi connectivity index (χ0) is 27.3. The highest BCUT2D eigenvalue weighted by molar-refractivity contribution is 6.06. The quantitative estimate of drug-likeness (QED) is 0.228. The molecule has 0 fully saturated rings. The van der Waals surface area contributed by atoms with Crippen LogP contribution in [0.5, 0.6) is 0 Å². The standard InChI is InChI=1S/C30H32N6O2/c1-5-7-10-22(6-2)27-18-19-31-30(35-27)34-25-16-14-24(15-17-25)33-29(38)23-11-8-12-26(21-23)32-28(37)13-9-20-36(3)4/h5-19,21H,2,20H2,1,3-4H3,(H,32,37)(H,33,38)(H,31,34,35)/b7-5-,13-9-,22-10+. The minimum atomic E-state index is -0.286. The molecular weight excluding hydrogens is 476 g/mol. The molecular formula is C30H32N6O2. The van der Waals surface area contributed by atoms with Gasteiger partial charge in [-0.2, -0.15) is 0 Å². The molecule has 1 aromatic heterocycles. The molecule has 2 aromatic carbocycles. The Labute approximate surface area is 223 Å². The summed E-state index contributed by atoms with van der Waals surface area (Å²) in [6.07, 6.45) is 12.5. The van der Waals surface area contributed by atoms with E-state index in [1.54, 1.807) is 54.7 Å². The Kier molecular flexibility index (Phi) is 10.3. The van der Waals surface area contributed by atoms with Gasteiger partial charge in [0.05, 0.1) is 5.69 Å². The van der Waals surface area contributed by atoms with Crippen molar-refractivity contribution >= 4 is 40.4 Å². The predicted molar refractivity (Wildman–Crippen MR) is 155 cm³/mol. The van der Waals surface area contributed by atoms with E-state index in [-0.39, 0.29) is 11.8 Å². The average Bonchev–Trinajstić information content (AvgIpc) is 2.90. The molecule has 0 radical (unpaired) electrons. The van der Waals surface area contributed by atoms with Crippen molar-refractivity contribution in [2.75, 3.05) is 36.6 Å². The van der Waals surface area contributed by atoms with Gasteiger partial charge in [-0.1, -0.05) is 43.0 Å². The third-order valence-electron chi connectivity index (χ3n) is 5.17. The minimum Gasteiger partial charge on any atom is -0.324 e. The Morgan fingerprint density at radius 1 is 1.00 bits per heavy atom. The number of carbonyl (C=O) groups is 2. The van der Waals surface area contributed by atoms with Gasteiger partial charge in [-0.25, -0.2) is 9.97 Å².